The van der Waals surface area contributed by atoms with E-state index in [1.165, 1.54) is 6.42 Å². The summed E-state index contributed by atoms with van der Waals surface area (Å²) in [4.78, 5) is 16.7. The van der Waals surface area contributed by atoms with Crippen LogP contribution in [0.5, 0.6) is 0 Å². The Balaban J connectivity index is 1.57. The minimum absolute atomic E-state index is 0.0682. The molecule has 3 heterocycles. The number of hydrogen-bond acceptors (Lipinski definition) is 4. The van der Waals surface area contributed by atoms with Gasteiger partial charge in [-0.05, 0) is 50.3 Å². The van der Waals surface area contributed by atoms with Crippen molar-refractivity contribution >= 4 is 5.91 Å². The van der Waals surface area contributed by atoms with E-state index >= 15 is 0 Å². The van der Waals surface area contributed by atoms with E-state index in [1.807, 2.05) is 12.1 Å². The summed E-state index contributed by atoms with van der Waals surface area (Å²) in [5.74, 6) is 0.462. The second kappa shape index (κ2) is 7.00. The lowest BCUT2D eigenvalue weighted by Crippen LogP contribution is -2.32. The van der Waals surface area contributed by atoms with Crippen LogP contribution in [-0.4, -0.2) is 37.2 Å². The normalized spacial score (nSPS) is 23.1. The van der Waals surface area contributed by atoms with Crippen LogP contribution in [0.3, 0.4) is 0 Å². The van der Waals surface area contributed by atoms with Gasteiger partial charge in [-0.15, -0.1) is 0 Å². The zero-order chi connectivity index (χ0) is 14.5. The molecule has 2 fully saturated rings. The van der Waals surface area contributed by atoms with E-state index in [2.05, 4.69) is 15.6 Å². The van der Waals surface area contributed by atoms with Gasteiger partial charge in [-0.3, -0.25) is 4.79 Å². The van der Waals surface area contributed by atoms with Gasteiger partial charge in [0.05, 0.1) is 5.69 Å². The topological polar surface area (TPSA) is 63.2 Å². The lowest BCUT2D eigenvalue weighted by molar-refractivity contribution is 0.0642. The van der Waals surface area contributed by atoms with Gasteiger partial charge >= 0.3 is 0 Å². The highest BCUT2D eigenvalue weighted by molar-refractivity contribution is 5.92. The van der Waals surface area contributed by atoms with Crippen LogP contribution in [0.1, 0.15) is 47.9 Å². The fourth-order valence-corrected chi connectivity index (χ4v) is 2.99. The fourth-order valence-electron chi connectivity index (χ4n) is 2.99. The number of ether oxygens (including phenoxy) is 1. The second-order valence-corrected chi connectivity index (χ2v) is 5.86. The number of aromatic nitrogens is 1. The summed E-state index contributed by atoms with van der Waals surface area (Å²) in [6.07, 6.45) is 4.33. The minimum atomic E-state index is -0.0682. The molecule has 2 aliphatic rings. The van der Waals surface area contributed by atoms with Crippen LogP contribution in [0.2, 0.25) is 0 Å². The Kier molecular flexibility index (Phi) is 4.83. The summed E-state index contributed by atoms with van der Waals surface area (Å²) in [7, 11) is 0. The van der Waals surface area contributed by atoms with Crippen LogP contribution in [0.4, 0.5) is 0 Å². The van der Waals surface area contributed by atoms with Gasteiger partial charge in [-0.2, -0.15) is 0 Å². The van der Waals surface area contributed by atoms with Gasteiger partial charge in [0.2, 0.25) is 0 Å². The quantitative estimate of drug-likeness (QED) is 0.885. The molecule has 21 heavy (non-hydrogen) atoms. The number of carbonyl (C=O) groups excluding carboxylic acids is 1. The summed E-state index contributed by atoms with van der Waals surface area (Å²) in [6.45, 7) is 3.37. The summed E-state index contributed by atoms with van der Waals surface area (Å²) in [5.41, 5.74) is 1.50. The summed E-state index contributed by atoms with van der Waals surface area (Å²) in [5, 5.41) is 6.42. The van der Waals surface area contributed by atoms with E-state index in [9.17, 15) is 4.79 Å². The molecule has 114 valence electrons. The van der Waals surface area contributed by atoms with E-state index in [1.54, 1.807) is 6.07 Å². The van der Waals surface area contributed by atoms with Crippen molar-refractivity contribution in [2.75, 3.05) is 26.3 Å². The van der Waals surface area contributed by atoms with Crippen molar-refractivity contribution in [2.45, 2.75) is 31.7 Å². The predicted molar refractivity (Wildman–Crippen MR) is 80.1 cm³/mol. The zero-order valence-electron chi connectivity index (χ0n) is 12.3. The van der Waals surface area contributed by atoms with Crippen LogP contribution in [-0.2, 0) is 4.74 Å². The van der Waals surface area contributed by atoms with Crippen LogP contribution in [0.15, 0.2) is 18.2 Å². The smallest absolute Gasteiger partial charge is 0.269 e. The maximum absolute atomic E-state index is 12.2. The van der Waals surface area contributed by atoms with Gasteiger partial charge in [0.25, 0.3) is 5.91 Å². The highest BCUT2D eigenvalue weighted by Crippen LogP contribution is 2.21. The lowest BCUT2D eigenvalue weighted by atomic mass is 10.0. The van der Waals surface area contributed by atoms with Crippen molar-refractivity contribution < 1.29 is 9.53 Å². The average Bonchev–Trinajstić information content (AvgIpc) is 3.08. The van der Waals surface area contributed by atoms with Crippen molar-refractivity contribution in [1.82, 2.24) is 15.6 Å². The van der Waals surface area contributed by atoms with E-state index in [4.69, 9.17) is 4.74 Å². The molecule has 0 spiro atoms. The molecule has 1 aromatic rings. The average molecular weight is 289 g/mol. The maximum Gasteiger partial charge on any atom is 0.269 e. The lowest BCUT2D eigenvalue weighted by Gasteiger charge is -2.22. The Bertz CT molecular complexity index is 480. The third-order valence-electron chi connectivity index (χ3n) is 4.31. The van der Waals surface area contributed by atoms with Gasteiger partial charge in [0.15, 0.2) is 0 Å². The van der Waals surface area contributed by atoms with Gasteiger partial charge < -0.3 is 15.4 Å². The van der Waals surface area contributed by atoms with Crippen molar-refractivity contribution in [3.8, 4) is 0 Å². The van der Waals surface area contributed by atoms with Crippen LogP contribution in [0, 0.1) is 5.92 Å². The zero-order valence-corrected chi connectivity index (χ0v) is 12.3. The highest BCUT2D eigenvalue weighted by Gasteiger charge is 2.19. The molecule has 5 nitrogen and oxygen atoms in total. The predicted octanol–water partition coefficient (Wildman–Crippen LogP) is 1.66. The largest absolute Gasteiger partial charge is 0.381 e. The molecular formula is C16H23N3O2. The van der Waals surface area contributed by atoms with Crippen molar-refractivity contribution in [2.24, 2.45) is 5.92 Å². The third kappa shape index (κ3) is 3.80. The van der Waals surface area contributed by atoms with Gasteiger partial charge in [-0.1, -0.05) is 6.07 Å². The van der Waals surface area contributed by atoms with E-state index in [-0.39, 0.29) is 5.91 Å². The molecule has 1 atom stereocenters. The first-order chi connectivity index (χ1) is 10.3. The summed E-state index contributed by atoms with van der Waals surface area (Å²) < 4.78 is 5.33. The molecule has 0 aliphatic carbocycles. The van der Waals surface area contributed by atoms with E-state index < -0.39 is 0 Å². The molecule has 2 aliphatic heterocycles. The Labute approximate surface area is 125 Å². The molecule has 3 rings (SSSR count). The number of carbonyl (C=O) groups is 1. The standard InChI is InChI=1S/C16H23N3O2/c20-16(18-11-12-6-9-21-10-7-12)15-4-1-3-14(19-15)13-5-2-8-17-13/h1,3-4,12-13,17H,2,5-11H2,(H,18,20)/t13-/m0/s1. The molecule has 0 saturated carbocycles. The first-order valence-corrected chi connectivity index (χ1v) is 7.89. The van der Waals surface area contributed by atoms with Crippen LogP contribution in [0.25, 0.3) is 0 Å². The number of rotatable bonds is 4. The Morgan fingerprint density at radius 2 is 2.19 bits per heavy atom. The van der Waals surface area contributed by atoms with Crippen LogP contribution < -0.4 is 10.6 Å². The number of nitrogens with zero attached hydrogens (tertiary/aromatic N) is 1. The number of amides is 1. The van der Waals surface area contributed by atoms with Crippen LogP contribution >= 0.6 is 0 Å². The Morgan fingerprint density at radius 3 is 2.95 bits per heavy atom. The van der Waals surface area contributed by atoms with Gasteiger partial charge in [0.1, 0.15) is 5.69 Å². The molecular weight excluding hydrogens is 266 g/mol. The second-order valence-electron chi connectivity index (χ2n) is 5.86. The van der Waals surface area contributed by atoms with E-state index in [0.29, 0.717) is 17.7 Å². The fraction of sp³-hybridized carbons (Fsp3) is 0.625. The molecule has 5 heteroatoms. The maximum atomic E-state index is 12.2. The third-order valence-corrected chi connectivity index (χ3v) is 4.31. The van der Waals surface area contributed by atoms with Crippen molar-refractivity contribution in [1.29, 1.82) is 0 Å². The monoisotopic (exact) mass is 289 g/mol. The van der Waals surface area contributed by atoms with Gasteiger partial charge in [0, 0.05) is 25.8 Å². The number of hydrogen-bond donors (Lipinski definition) is 2. The molecule has 0 bridgehead atoms. The number of nitrogens with one attached hydrogen (secondary N) is 2. The molecule has 0 radical (unpaired) electrons. The minimum Gasteiger partial charge on any atom is -0.381 e. The molecule has 2 saturated heterocycles. The van der Waals surface area contributed by atoms with Crippen molar-refractivity contribution in [3.63, 3.8) is 0 Å². The Morgan fingerprint density at radius 1 is 1.33 bits per heavy atom. The van der Waals surface area contributed by atoms with Crippen molar-refractivity contribution in [3.05, 3.63) is 29.6 Å². The molecule has 0 aromatic carbocycles. The highest BCUT2D eigenvalue weighted by atomic mass is 16.5. The molecule has 1 aromatic heterocycles. The molecule has 0 unspecified atom stereocenters. The SMILES string of the molecule is O=C(NCC1CCOCC1)c1cccc([C@@H]2CCCN2)n1. The number of pyridine rings is 1. The van der Waals surface area contributed by atoms with Gasteiger partial charge in [-0.25, -0.2) is 4.98 Å². The first kappa shape index (κ1) is 14.5. The summed E-state index contributed by atoms with van der Waals surface area (Å²) >= 11 is 0. The molecule has 1 amide bonds. The van der Waals surface area contributed by atoms with E-state index in [0.717, 1.165) is 51.3 Å². The first-order valence-electron chi connectivity index (χ1n) is 7.89. The molecule has 2 N–H and O–H groups in total. The Hall–Kier alpha value is -1.46. The summed E-state index contributed by atoms with van der Waals surface area (Å²) in [6, 6.07) is 6.01.